The first-order valence-electron chi connectivity index (χ1n) is 11.4. The van der Waals surface area contributed by atoms with Gasteiger partial charge in [0.1, 0.15) is 22.7 Å². The Morgan fingerprint density at radius 3 is 2.57 bits per heavy atom. The van der Waals surface area contributed by atoms with Crippen molar-refractivity contribution in [2.75, 3.05) is 31.6 Å². The van der Waals surface area contributed by atoms with E-state index in [0.29, 0.717) is 25.0 Å². The lowest BCUT2D eigenvalue weighted by Crippen LogP contribution is -2.54. The number of fused-ring (bicyclic) bond motifs is 1. The first-order valence-corrected chi connectivity index (χ1v) is 11.7. The third-order valence-corrected chi connectivity index (χ3v) is 6.24. The molecule has 6 nitrogen and oxygen atoms in total. The minimum atomic E-state index is -0.724. The number of nitrogens with zero attached hydrogens (tertiary/aromatic N) is 3. The maximum atomic E-state index is 15.8. The number of halogens is 3. The van der Waals surface area contributed by atoms with Gasteiger partial charge in [-0.05, 0) is 52.0 Å². The summed E-state index contributed by atoms with van der Waals surface area (Å²) in [5.74, 6) is -1.20. The maximum Gasteiger partial charge on any atom is 0.410 e. The summed E-state index contributed by atoms with van der Waals surface area (Å²) in [7, 11) is 1.39. The van der Waals surface area contributed by atoms with Crippen molar-refractivity contribution in [3.8, 4) is 16.9 Å². The molecule has 0 N–H and O–H groups in total. The van der Waals surface area contributed by atoms with Crippen molar-refractivity contribution >= 4 is 34.3 Å². The Labute approximate surface area is 208 Å². The van der Waals surface area contributed by atoms with Gasteiger partial charge in [-0.3, -0.25) is 4.98 Å². The second kappa shape index (κ2) is 9.49. The fourth-order valence-electron chi connectivity index (χ4n) is 4.41. The van der Waals surface area contributed by atoms with E-state index in [4.69, 9.17) is 21.1 Å². The lowest BCUT2D eigenvalue weighted by Gasteiger charge is -2.41. The fourth-order valence-corrected chi connectivity index (χ4v) is 4.69. The van der Waals surface area contributed by atoms with E-state index in [1.807, 2.05) is 27.7 Å². The summed E-state index contributed by atoms with van der Waals surface area (Å²) in [6.45, 7) is 8.88. The van der Waals surface area contributed by atoms with Gasteiger partial charge in [-0.1, -0.05) is 17.7 Å². The second-order valence-corrected chi connectivity index (χ2v) is 9.97. The quantitative estimate of drug-likeness (QED) is 0.420. The number of benzene rings is 2. The number of rotatable bonds is 3. The zero-order valence-corrected chi connectivity index (χ0v) is 21.1. The van der Waals surface area contributed by atoms with E-state index in [9.17, 15) is 9.18 Å². The zero-order valence-electron chi connectivity index (χ0n) is 20.4. The van der Waals surface area contributed by atoms with Crippen LogP contribution in [0.4, 0.5) is 19.3 Å². The predicted molar refractivity (Wildman–Crippen MR) is 133 cm³/mol. The molecule has 1 aliphatic heterocycles. The van der Waals surface area contributed by atoms with Gasteiger partial charge >= 0.3 is 6.09 Å². The standard InChI is InChI=1S/C26H28ClF2N3O3/c1-15-14-31(25(33)35-26(2,3)4)11-12-32(15)19-9-10-30-24-16(19)13-17(27)21(23(24)29)22-18(28)7-6-8-20(22)34-5/h6-10,13,15H,11-12,14H2,1-5H3/t15-/m0/s1. The second-order valence-electron chi connectivity index (χ2n) is 9.56. The maximum absolute atomic E-state index is 15.8. The van der Waals surface area contributed by atoms with Gasteiger partial charge in [0, 0.05) is 48.5 Å². The molecule has 9 heteroatoms. The van der Waals surface area contributed by atoms with Crippen LogP contribution < -0.4 is 9.64 Å². The number of piperazine rings is 1. The average Bonchev–Trinajstić information content (AvgIpc) is 2.78. The summed E-state index contributed by atoms with van der Waals surface area (Å²) >= 11 is 6.54. The summed E-state index contributed by atoms with van der Waals surface area (Å²) < 4.78 is 41.3. The average molecular weight is 504 g/mol. The van der Waals surface area contributed by atoms with Crippen molar-refractivity contribution in [1.82, 2.24) is 9.88 Å². The SMILES string of the molecule is COc1cccc(F)c1-c1c(Cl)cc2c(N3CCN(C(=O)OC(C)(C)C)C[C@@H]3C)ccnc2c1F. The molecule has 4 rings (SSSR count). The molecule has 2 heterocycles. The molecule has 35 heavy (non-hydrogen) atoms. The van der Waals surface area contributed by atoms with Crippen LogP contribution in [0.2, 0.25) is 5.02 Å². The van der Waals surface area contributed by atoms with Crippen LogP contribution in [0.3, 0.4) is 0 Å². The van der Waals surface area contributed by atoms with E-state index in [2.05, 4.69) is 9.88 Å². The van der Waals surface area contributed by atoms with Crippen molar-refractivity contribution in [2.45, 2.75) is 39.3 Å². The molecule has 1 aliphatic rings. The number of aromatic nitrogens is 1. The third-order valence-electron chi connectivity index (χ3n) is 5.94. The highest BCUT2D eigenvalue weighted by atomic mass is 35.5. The number of hydrogen-bond donors (Lipinski definition) is 0. The molecule has 2 aromatic carbocycles. The van der Waals surface area contributed by atoms with Crippen LogP contribution in [0, 0.1) is 11.6 Å². The van der Waals surface area contributed by atoms with Crippen LogP contribution in [0.15, 0.2) is 36.5 Å². The Hall–Kier alpha value is -3.13. The molecule has 1 fully saturated rings. The lowest BCUT2D eigenvalue weighted by molar-refractivity contribution is 0.0219. The molecule has 0 spiro atoms. The molecule has 0 aliphatic carbocycles. The number of amides is 1. The van der Waals surface area contributed by atoms with E-state index >= 15 is 4.39 Å². The fraction of sp³-hybridized carbons (Fsp3) is 0.385. The first-order chi connectivity index (χ1) is 16.5. The number of anilines is 1. The molecule has 186 valence electrons. The summed E-state index contributed by atoms with van der Waals surface area (Å²) in [5.41, 5.74) is 0.0896. The normalized spacial score (nSPS) is 16.5. The van der Waals surface area contributed by atoms with Crippen molar-refractivity contribution < 1.29 is 23.0 Å². The predicted octanol–water partition coefficient (Wildman–Crippen LogP) is 6.29. The molecule has 1 amide bonds. The van der Waals surface area contributed by atoms with E-state index < -0.39 is 17.2 Å². The van der Waals surface area contributed by atoms with Gasteiger partial charge in [-0.2, -0.15) is 0 Å². The minimum absolute atomic E-state index is 0.0488. The third kappa shape index (κ3) is 4.85. The van der Waals surface area contributed by atoms with Gasteiger partial charge in [0.2, 0.25) is 0 Å². The Balaban J connectivity index is 1.72. The number of carbonyl (C=O) groups is 1. The van der Waals surface area contributed by atoms with Crippen molar-refractivity contribution in [1.29, 1.82) is 0 Å². The van der Waals surface area contributed by atoms with Crippen molar-refractivity contribution in [3.63, 3.8) is 0 Å². The molecule has 0 bridgehead atoms. The number of hydrogen-bond acceptors (Lipinski definition) is 5. The molecule has 0 unspecified atom stereocenters. The number of carbonyl (C=O) groups excluding carboxylic acids is 1. The molecule has 1 aromatic heterocycles. The van der Waals surface area contributed by atoms with E-state index in [1.165, 1.54) is 25.4 Å². The van der Waals surface area contributed by atoms with Crippen LogP contribution in [0.25, 0.3) is 22.0 Å². The first kappa shape index (κ1) is 25.0. The minimum Gasteiger partial charge on any atom is -0.496 e. The molecule has 0 radical (unpaired) electrons. The Bertz CT molecular complexity index is 1280. The molecule has 1 atom stereocenters. The van der Waals surface area contributed by atoms with Gasteiger partial charge in [0.05, 0.1) is 17.7 Å². The van der Waals surface area contributed by atoms with Crippen LogP contribution in [-0.4, -0.2) is 54.4 Å². The lowest BCUT2D eigenvalue weighted by atomic mass is 9.99. The van der Waals surface area contributed by atoms with Gasteiger partial charge in [0.15, 0.2) is 5.82 Å². The van der Waals surface area contributed by atoms with Gasteiger partial charge < -0.3 is 19.3 Å². The largest absolute Gasteiger partial charge is 0.496 e. The van der Waals surface area contributed by atoms with Crippen LogP contribution in [0.5, 0.6) is 5.75 Å². The summed E-state index contributed by atoms with van der Waals surface area (Å²) in [5, 5.41) is 0.555. The number of methoxy groups -OCH3 is 1. The van der Waals surface area contributed by atoms with Gasteiger partial charge in [0.25, 0.3) is 0 Å². The van der Waals surface area contributed by atoms with E-state index in [1.54, 1.807) is 23.1 Å². The Kier molecular flexibility index (Phi) is 6.77. The highest BCUT2D eigenvalue weighted by Gasteiger charge is 2.31. The van der Waals surface area contributed by atoms with E-state index in [-0.39, 0.29) is 39.6 Å². The number of pyridine rings is 1. The summed E-state index contributed by atoms with van der Waals surface area (Å²) in [6.07, 6.45) is 1.16. The van der Waals surface area contributed by atoms with Crippen molar-refractivity contribution in [3.05, 3.63) is 53.2 Å². The molecule has 3 aromatic rings. The Morgan fingerprint density at radius 2 is 1.91 bits per heavy atom. The molecule has 1 saturated heterocycles. The molecule has 0 saturated carbocycles. The Morgan fingerprint density at radius 1 is 1.17 bits per heavy atom. The van der Waals surface area contributed by atoms with E-state index in [0.717, 1.165) is 5.69 Å². The zero-order chi connectivity index (χ0) is 25.5. The molecular formula is C26H28ClF2N3O3. The highest BCUT2D eigenvalue weighted by Crippen LogP contribution is 2.43. The van der Waals surface area contributed by atoms with Crippen LogP contribution in [-0.2, 0) is 4.74 Å². The van der Waals surface area contributed by atoms with Gasteiger partial charge in [-0.25, -0.2) is 13.6 Å². The van der Waals surface area contributed by atoms with Crippen molar-refractivity contribution in [2.24, 2.45) is 0 Å². The topological polar surface area (TPSA) is 54.9 Å². The summed E-state index contributed by atoms with van der Waals surface area (Å²) in [4.78, 5) is 20.5. The van der Waals surface area contributed by atoms with Crippen LogP contribution >= 0.6 is 11.6 Å². The monoisotopic (exact) mass is 503 g/mol. The smallest absolute Gasteiger partial charge is 0.410 e. The molecular weight excluding hydrogens is 476 g/mol. The van der Waals surface area contributed by atoms with Gasteiger partial charge in [-0.15, -0.1) is 0 Å². The highest BCUT2D eigenvalue weighted by molar-refractivity contribution is 6.34. The van der Waals surface area contributed by atoms with Crippen LogP contribution in [0.1, 0.15) is 27.7 Å². The number of ether oxygens (including phenoxy) is 2. The summed E-state index contributed by atoms with van der Waals surface area (Å²) in [6, 6.07) is 7.59.